The van der Waals surface area contributed by atoms with E-state index in [1.54, 1.807) is 12.1 Å². The minimum Gasteiger partial charge on any atom is -0.504 e. The number of rotatable bonds is 4. The maximum atomic E-state index is 12.5. The highest BCUT2D eigenvalue weighted by Gasteiger charge is 2.13. The first-order chi connectivity index (χ1) is 11.8. The van der Waals surface area contributed by atoms with Crippen LogP contribution in [0.3, 0.4) is 0 Å². The molecule has 0 unspecified atom stereocenters. The quantitative estimate of drug-likeness (QED) is 0.656. The third kappa shape index (κ3) is 4.18. The number of hydrogen-bond acceptors (Lipinski definition) is 4. The lowest BCUT2D eigenvalue weighted by Crippen LogP contribution is -2.15. The Bertz CT molecular complexity index is 869. The molecule has 0 atom stereocenters. The number of aromatic hydroxyl groups is 1. The number of nitriles is 1. The third-order valence-corrected chi connectivity index (χ3v) is 3.80. The van der Waals surface area contributed by atoms with E-state index in [1.165, 1.54) is 19.3 Å². The van der Waals surface area contributed by atoms with Gasteiger partial charge in [0, 0.05) is 5.69 Å². The Morgan fingerprint density at radius 2 is 1.84 bits per heavy atom. The molecule has 2 rings (SSSR count). The van der Waals surface area contributed by atoms with Gasteiger partial charge in [-0.15, -0.1) is 0 Å². The topological polar surface area (TPSA) is 82.3 Å². The molecule has 2 aromatic carbocycles. The second kappa shape index (κ2) is 7.54. The van der Waals surface area contributed by atoms with Gasteiger partial charge in [-0.05, 0) is 55.7 Å². The summed E-state index contributed by atoms with van der Waals surface area (Å²) in [5.74, 6) is -0.213. The van der Waals surface area contributed by atoms with Crippen LogP contribution in [0.25, 0.3) is 6.08 Å². The van der Waals surface area contributed by atoms with Crippen LogP contribution in [0.2, 0.25) is 0 Å². The Balaban J connectivity index is 2.32. The molecule has 0 fully saturated rings. The number of carbonyl (C=O) groups is 1. The van der Waals surface area contributed by atoms with Gasteiger partial charge in [0.2, 0.25) is 0 Å². The molecule has 0 bridgehead atoms. The summed E-state index contributed by atoms with van der Waals surface area (Å²) in [4.78, 5) is 12.5. The number of benzene rings is 2. The predicted octanol–water partition coefficient (Wildman–Crippen LogP) is 3.87. The van der Waals surface area contributed by atoms with Crippen molar-refractivity contribution in [1.29, 1.82) is 5.26 Å². The third-order valence-electron chi connectivity index (χ3n) is 3.80. The van der Waals surface area contributed by atoms with E-state index in [4.69, 9.17) is 4.74 Å². The number of nitrogens with one attached hydrogen (secondary N) is 1. The molecule has 0 aromatic heterocycles. The predicted molar refractivity (Wildman–Crippen MR) is 97.5 cm³/mol. The van der Waals surface area contributed by atoms with Crippen molar-refractivity contribution in [3.63, 3.8) is 0 Å². The van der Waals surface area contributed by atoms with Crippen LogP contribution in [0.15, 0.2) is 35.9 Å². The van der Waals surface area contributed by atoms with Gasteiger partial charge in [0.25, 0.3) is 5.91 Å². The minimum atomic E-state index is -0.482. The molecular weight excluding hydrogens is 316 g/mol. The van der Waals surface area contributed by atoms with Gasteiger partial charge in [0.15, 0.2) is 11.5 Å². The normalized spacial score (nSPS) is 10.9. The fraction of sp³-hybridized carbons (Fsp3) is 0.200. The number of ether oxygens (including phenoxy) is 1. The van der Waals surface area contributed by atoms with Gasteiger partial charge in [-0.2, -0.15) is 5.26 Å². The Morgan fingerprint density at radius 1 is 1.20 bits per heavy atom. The lowest BCUT2D eigenvalue weighted by atomic mass is 10.0. The summed E-state index contributed by atoms with van der Waals surface area (Å²) in [6.07, 6.45) is 1.45. The van der Waals surface area contributed by atoms with E-state index in [1.807, 2.05) is 39.0 Å². The van der Waals surface area contributed by atoms with Crippen molar-refractivity contribution in [3.8, 4) is 17.6 Å². The van der Waals surface area contributed by atoms with E-state index in [0.717, 1.165) is 16.7 Å². The van der Waals surface area contributed by atoms with Gasteiger partial charge in [0.05, 0.1) is 7.11 Å². The van der Waals surface area contributed by atoms with E-state index < -0.39 is 5.91 Å². The van der Waals surface area contributed by atoms with Crippen molar-refractivity contribution >= 4 is 17.7 Å². The molecule has 5 heteroatoms. The SMILES string of the molecule is COc1cc(/C=C(\C#N)C(=O)Nc2c(C)cc(C)cc2C)ccc1O. The van der Waals surface area contributed by atoms with E-state index in [9.17, 15) is 15.2 Å². The first kappa shape index (κ1) is 18.1. The molecular formula is C20H20N2O3. The van der Waals surface area contributed by atoms with Crippen LogP contribution in [-0.2, 0) is 4.79 Å². The number of aryl methyl sites for hydroxylation is 3. The Morgan fingerprint density at radius 3 is 2.40 bits per heavy atom. The fourth-order valence-electron chi connectivity index (χ4n) is 2.66. The number of carbonyl (C=O) groups excluding carboxylic acids is 1. The van der Waals surface area contributed by atoms with Gasteiger partial charge >= 0.3 is 0 Å². The summed E-state index contributed by atoms with van der Waals surface area (Å²) in [5, 5.41) is 21.8. The summed E-state index contributed by atoms with van der Waals surface area (Å²) in [7, 11) is 1.43. The van der Waals surface area contributed by atoms with Crippen LogP contribution in [0.4, 0.5) is 5.69 Å². The average molecular weight is 336 g/mol. The lowest BCUT2D eigenvalue weighted by molar-refractivity contribution is -0.112. The first-order valence-corrected chi connectivity index (χ1v) is 7.73. The summed E-state index contributed by atoms with van der Waals surface area (Å²) < 4.78 is 5.04. The minimum absolute atomic E-state index is 0.00601. The molecule has 5 nitrogen and oxygen atoms in total. The molecule has 0 aliphatic carbocycles. The highest BCUT2D eigenvalue weighted by molar-refractivity contribution is 6.10. The van der Waals surface area contributed by atoms with Gasteiger partial charge in [0.1, 0.15) is 11.6 Å². The van der Waals surface area contributed by atoms with Gasteiger partial charge in [-0.3, -0.25) is 4.79 Å². The van der Waals surface area contributed by atoms with Crippen LogP contribution in [0, 0.1) is 32.1 Å². The summed E-state index contributed by atoms with van der Waals surface area (Å²) in [5.41, 5.74) is 4.25. The summed E-state index contributed by atoms with van der Waals surface area (Å²) in [6.45, 7) is 5.82. The summed E-state index contributed by atoms with van der Waals surface area (Å²) in [6, 6.07) is 10.5. The molecule has 0 saturated carbocycles. The number of hydrogen-bond donors (Lipinski definition) is 2. The van der Waals surface area contributed by atoms with E-state index in [-0.39, 0.29) is 17.1 Å². The summed E-state index contributed by atoms with van der Waals surface area (Å²) >= 11 is 0. The number of amides is 1. The lowest BCUT2D eigenvalue weighted by Gasteiger charge is -2.12. The number of phenolic OH excluding ortho intramolecular Hbond substituents is 1. The molecule has 0 spiro atoms. The van der Waals surface area contributed by atoms with E-state index >= 15 is 0 Å². The molecule has 2 aromatic rings. The molecule has 2 N–H and O–H groups in total. The van der Waals surface area contributed by atoms with Gasteiger partial charge in [-0.25, -0.2) is 0 Å². The van der Waals surface area contributed by atoms with Crippen molar-refractivity contribution in [2.45, 2.75) is 20.8 Å². The molecule has 0 aliphatic heterocycles. The molecule has 0 radical (unpaired) electrons. The molecule has 0 heterocycles. The largest absolute Gasteiger partial charge is 0.504 e. The zero-order valence-electron chi connectivity index (χ0n) is 14.7. The Hall–Kier alpha value is -3.26. The molecule has 0 aliphatic rings. The zero-order chi connectivity index (χ0) is 18.6. The average Bonchev–Trinajstić information content (AvgIpc) is 2.57. The highest BCUT2D eigenvalue weighted by atomic mass is 16.5. The van der Waals surface area contributed by atoms with Crippen LogP contribution in [0.5, 0.6) is 11.5 Å². The van der Waals surface area contributed by atoms with Crippen LogP contribution < -0.4 is 10.1 Å². The fourth-order valence-corrected chi connectivity index (χ4v) is 2.66. The molecule has 0 saturated heterocycles. The van der Waals surface area contributed by atoms with Crippen molar-refractivity contribution in [1.82, 2.24) is 0 Å². The maximum absolute atomic E-state index is 12.5. The Kier molecular flexibility index (Phi) is 5.45. The molecule has 25 heavy (non-hydrogen) atoms. The number of nitrogens with zero attached hydrogens (tertiary/aromatic N) is 1. The smallest absolute Gasteiger partial charge is 0.266 e. The second-order valence-electron chi connectivity index (χ2n) is 5.83. The van der Waals surface area contributed by atoms with Gasteiger partial charge < -0.3 is 15.2 Å². The van der Waals surface area contributed by atoms with Crippen LogP contribution in [0.1, 0.15) is 22.3 Å². The van der Waals surface area contributed by atoms with E-state index in [0.29, 0.717) is 11.3 Å². The standard InChI is InChI=1S/C20H20N2O3/c1-12-7-13(2)19(14(3)8-12)22-20(24)16(11-21)9-15-5-6-17(23)18(10-15)25-4/h5-10,23H,1-4H3,(H,22,24)/b16-9+. The van der Waals surface area contributed by atoms with Gasteiger partial charge in [-0.1, -0.05) is 23.8 Å². The maximum Gasteiger partial charge on any atom is 0.266 e. The molecule has 1 amide bonds. The van der Waals surface area contributed by atoms with Crippen LogP contribution in [-0.4, -0.2) is 18.1 Å². The number of phenols is 1. The highest BCUT2D eigenvalue weighted by Crippen LogP contribution is 2.27. The number of anilines is 1. The second-order valence-corrected chi connectivity index (χ2v) is 5.83. The van der Waals surface area contributed by atoms with Crippen molar-refractivity contribution in [2.24, 2.45) is 0 Å². The van der Waals surface area contributed by atoms with Crippen molar-refractivity contribution in [3.05, 3.63) is 58.2 Å². The van der Waals surface area contributed by atoms with Crippen molar-refractivity contribution in [2.75, 3.05) is 12.4 Å². The van der Waals surface area contributed by atoms with Crippen LogP contribution >= 0.6 is 0 Å². The zero-order valence-corrected chi connectivity index (χ0v) is 14.7. The van der Waals surface area contributed by atoms with Crippen molar-refractivity contribution < 1.29 is 14.6 Å². The number of methoxy groups -OCH3 is 1. The molecule has 128 valence electrons. The first-order valence-electron chi connectivity index (χ1n) is 7.73. The van der Waals surface area contributed by atoms with E-state index in [2.05, 4.69) is 5.32 Å². The monoisotopic (exact) mass is 336 g/mol. The Labute approximate surface area is 147 Å².